The van der Waals surface area contributed by atoms with Crippen LogP contribution in [0.5, 0.6) is 0 Å². The fraction of sp³-hybridized carbons (Fsp3) is 0.278. The third-order valence-corrected chi connectivity index (χ3v) is 4.98. The van der Waals surface area contributed by atoms with Crippen LogP contribution in [0.15, 0.2) is 41.4 Å². The predicted octanol–water partition coefficient (Wildman–Crippen LogP) is 4.98. The number of fused-ring (bicyclic) bond motifs is 2. The molecule has 0 bridgehead atoms. The van der Waals surface area contributed by atoms with Gasteiger partial charge in [-0.15, -0.1) is 11.3 Å². The summed E-state index contributed by atoms with van der Waals surface area (Å²) >= 11 is 1.87. The average Bonchev–Trinajstić information content (AvgIpc) is 2.43. The summed E-state index contributed by atoms with van der Waals surface area (Å²) in [5.74, 6) is 0. The zero-order valence-electron chi connectivity index (χ0n) is 12.4. The molecule has 0 saturated heterocycles. The molecule has 2 heteroatoms. The number of hydrogen-bond acceptors (Lipinski definition) is 2. The van der Waals surface area contributed by atoms with E-state index in [0.717, 1.165) is 5.36 Å². The van der Waals surface area contributed by atoms with E-state index in [-0.39, 0.29) is 0 Å². The Balaban J connectivity index is 2.61. The van der Waals surface area contributed by atoms with E-state index < -0.39 is 0 Å². The summed E-state index contributed by atoms with van der Waals surface area (Å²) in [6.07, 6.45) is 0. The van der Waals surface area contributed by atoms with Gasteiger partial charge in [0.2, 0.25) is 0 Å². The molecule has 0 aliphatic heterocycles. The summed E-state index contributed by atoms with van der Waals surface area (Å²) in [5.41, 5.74) is 2.72. The zero-order chi connectivity index (χ0) is 14.3. The van der Waals surface area contributed by atoms with E-state index in [2.05, 4.69) is 64.1 Å². The summed E-state index contributed by atoms with van der Waals surface area (Å²) in [5, 5.41) is 3.69. The van der Waals surface area contributed by atoms with Crippen molar-refractivity contribution in [2.75, 3.05) is 0 Å². The molecule has 1 nitrogen and oxygen atoms in total. The highest BCUT2D eigenvalue weighted by molar-refractivity contribution is 7.24. The van der Waals surface area contributed by atoms with Crippen molar-refractivity contribution < 1.29 is 0 Å². The predicted molar refractivity (Wildman–Crippen MR) is 89.5 cm³/mol. The summed E-state index contributed by atoms with van der Waals surface area (Å²) in [6.45, 7) is 8.66. The SMILES string of the molecule is Cc1ccc2c(=NC(C)C)c3ccccc3sc2c1C. The van der Waals surface area contributed by atoms with E-state index in [0.29, 0.717) is 6.04 Å². The summed E-state index contributed by atoms with van der Waals surface area (Å²) in [6, 6.07) is 13.3. The highest BCUT2D eigenvalue weighted by atomic mass is 32.1. The molecule has 0 spiro atoms. The monoisotopic (exact) mass is 281 g/mol. The van der Waals surface area contributed by atoms with Gasteiger partial charge in [-0.2, -0.15) is 0 Å². The second-order valence-electron chi connectivity index (χ2n) is 5.55. The van der Waals surface area contributed by atoms with Gasteiger partial charge in [0.1, 0.15) is 0 Å². The topological polar surface area (TPSA) is 12.4 Å². The lowest BCUT2D eigenvalue weighted by Crippen LogP contribution is -2.09. The number of hydrogen-bond donors (Lipinski definition) is 0. The van der Waals surface area contributed by atoms with Gasteiger partial charge in [-0.05, 0) is 44.9 Å². The van der Waals surface area contributed by atoms with Crippen LogP contribution in [0, 0.1) is 13.8 Å². The van der Waals surface area contributed by atoms with E-state index >= 15 is 0 Å². The van der Waals surface area contributed by atoms with Crippen LogP contribution in [-0.2, 0) is 0 Å². The van der Waals surface area contributed by atoms with Crippen LogP contribution in [0.2, 0.25) is 0 Å². The minimum absolute atomic E-state index is 0.301. The Morgan fingerprint density at radius 1 is 0.950 bits per heavy atom. The normalized spacial score (nSPS) is 12.8. The Bertz CT molecular complexity index is 856. The Hall–Kier alpha value is -1.67. The third kappa shape index (κ3) is 2.14. The van der Waals surface area contributed by atoms with Gasteiger partial charge in [0.15, 0.2) is 0 Å². The van der Waals surface area contributed by atoms with Crippen LogP contribution in [0.4, 0.5) is 0 Å². The van der Waals surface area contributed by atoms with E-state index in [4.69, 9.17) is 4.99 Å². The van der Waals surface area contributed by atoms with Crippen molar-refractivity contribution in [2.24, 2.45) is 4.99 Å². The van der Waals surface area contributed by atoms with Crippen LogP contribution < -0.4 is 5.36 Å². The quantitative estimate of drug-likeness (QED) is 0.558. The van der Waals surface area contributed by atoms with Gasteiger partial charge < -0.3 is 0 Å². The van der Waals surface area contributed by atoms with E-state index in [1.807, 2.05) is 11.3 Å². The minimum atomic E-state index is 0.301. The van der Waals surface area contributed by atoms with E-state index in [1.165, 1.54) is 31.3 Å². The van der Waals surface area contributed by atoms with Gasteiger partial charge in [-0.1, -0.05) is 30.3 Å². The molecule has 0 aliphatic rings. The first-order chi connectivity index (χ1) is 9.58. The van der Waals surface area contributed by atoms with Crippen molar-refractivity contribution in [1.29, 1.82) is 0 Å². The van der Waals surface area contributed by atoms with Crippen LogP contribution in [0.1, 0.15) is 25.0 Å². The Morgan fingerprint density at radius 2 is 1.70 bits per heavy atom. The number of rotatable bonds is 1. The van der Waals surface area contributed by atoms with E-state index in [9.17, 15) is 0 Å². The van der Waals surface area contributed by atoms with Gasteiger partial charge in [-0.3, -0.25) is 4.99 Å². The fourth-order valence-electron chi connectivity index (χ4n) is 2.51. The first-order valence-corrected chi connectivity index (χ1v) is 7.85. The molecule has 0 radical (unpaired) electrons. The van der Waals surface area contributed by atoms with E-state index in [1.54, 1.807) is 0 Å². The lowest BCUT2D eigenvalue weighted by molar-refractivity contribution is 0.811. The average molecular weight is 281 g/mol. The fourth-order valence-corrected chi connectivity index (χ4v) is 3.74. The molecule has 0 amide bonds. The maximum absolute atomic E-state index is 4.89. The second kappa shape index (κ2) is 5.02. The molecule has 3 rings (SSSR count). The summed E-state index contributed by atoms with van der Waals surface area (Å²) < 4.78 is 2.68. The van der Waals surface area contributed by atoms with Crippen molar-refractivity contribution in [3.8, 4) is 0 Å². The second-order valence-corrected chi connectivity index (χ2v) is 6.61. The Labute approximate surface area is 123 Å². The molecular formula is C18H19NS. The maximum atomic E-state index is 4.89. The van der Waals surface area contributed by atoms with Crippen LogP contribution in [0.25, 0.3) is 20.2 Å². The van der Waals surface area contributed by atoms with Crippen molar-refractivity contribution >= 4 is 31.5 Å². The number of nitrogens with zero attached hydrogens (tertiary/aromatic N) is 1. The molecule has 0 aliphatic carbocycles. The highest BCUT2D eigenvalue weighted by Gasteiger charge is 2.08. The van der Waals surface area contributed by atoms with Crippen molar-refractivity contribution in [3.05, 3.63) is 52.9 Å². The van der Waals surface area contributed by atoms with Gasteiger partial charge in [0.05, 0.1) is 5.36 Å². The first kappa shape index (κ1) is 13.3. The molecule has 3 aromatic rings. The van der Waals surface area contributed by atoms with Crippen molar-refractivity contribution in [1.82, 2.24) is 0 Å². The van der Waals surface area contributed by atoms with Gasteiger partial charge in [0, 0.05) is 26.2 Å². The first-order valence-electron chi connectivity index (χ1n) is 7.03. The third-order valence-electron chi connectivity index (χ3n) is 3.67. The molecule has 0 fully saturated rings. The minimum Gasteiger partial charge on any atom is -0.281 e. The summed E-state index contributed by atoms with van der Waals surface area (Å²) in [4.78, 5) is 4.89. The Kier molecular flexibility index (Phi) is 3.35. The smallest absolute Gasteiger partial charge is 0.0750 e. The highest BCUT2D eigenvalue weighted by Crippen LogP contribution is 2.28. The molecule has 102 valence electrons. The molecule has 0 unspecified atom stereocenters. The molecule has 1 aromatic heterocycles. The molecule has 20 heavy (non-hydrogen) atoms. The van der Waals surface area contributed by atoms with Crippen molar-refractivity contribution in [2.45, 2.75) is 33.7 Å². The van der Waals surface area contributed by atoms with Crippen LogP contribution in [-0.4, -0.2) is 6.04 Å². The van der Waals surface area contributed by atoms with Gasteiger partial charge in [0.25, 0.3) is 0 Å². The maximum Gasteiger partial charge on any atom is 0.0750 e. The number of aryl methyl sites for hydroxylation is 2. The zero-order valence-corrected chi connectivity index (χ0v) is 13.2. The van der Waals surface area contributed by atoms with Gasteiger partial charge in [-0.25, -0.2) is 0 Å². The molecule has 2 aromatic carbocycles. The Morgan fingerprint density at radius 3 is 2.45 bits per heavy atom. The van der Waals surface area contributed by atoms with Crippen molar-refractivity contribution in [3.63, 3.8) is 0 Å². The summed E-state index contributed by atoms with van der Waals surface area (Å²) in [7, 11) is 0. The lowest BCUT2D eigenvalue weighted by Gasteiger charge is -2.09. The molecule has 0 saturated carbocycles. The van der Waals surface area contributed by atoms with Crippen LogP contribution in [0.3, 0.4) is 0 Å². The molecule has 0 N–H and O–H groups in total. The molecular weight excluding hydrogens is 262 g/mol. The van der Waals surface area contributed by atoms with Gasteiger partial charge >= 0.3 is 0 Å². The molecule has 1 heterocycles. The van der Waals surface area contributed by atoms with Crippen LogP contribution >= 0.6 is 11.3 Å². The lowest BCUT2D eigenvalue weighted by atomic mass is 10.1. The largest absolute Gasteiger partial charge is 0.281 e. The number of benzene rings is 2. The molecule has 0 atom stereocenters. The standard InChI is InChI=1S/C18H19NS/c1-11(2)19-17-14-7-5-6-8-16(14)20-18-13(4)12(3)9-10-15(17)18/h5-11H,1-4H3.